The van der Waals surface area contributed by atoms with Crippen LogP contribution in [0.15, 0.2) is 60.7 Å². The lowest BCUT2D eigenvalue weighted by molar-refractivity contribution is -0.131. The Morgan fingerprint density at radius 1 is 0.647 bits per heavy atom. The molecular weight excluding hydrogens is 220 g/mol. The molecule has 0 aliphatic carbocycles. The molecule has 0 aliphatic rings. The topological polar surface area (TPSA) is 56.2 Å². The van der Waals surface area contributed by atoms with Gasteiger partial charge in [-0.3, -0.25) is 10.4 Å². The van der Waals surface area contributed by atoms with Crippen molar-refractivity contribution in [1.29, 1.82) is 0 Å². The number of rotatable bonds is 4. The third-order valence-corrected chi connectivity index (χ3v) is 2.11. The molecule has 5 nitrogen and oxygen atoms in total. The molecular formula is C12H12N2O3. The lowest BCUT2D eigenvalue weighted by Crippen LogP contribution is -2.30. The van der Waals surface area contributed by atoms with Gasteiger partial charge >= 0.3 is 0 Å². The average Bonchev–Trinajstić information content (AvgIpc) is 2.40. The van der Waals surface area contributed by atoms with E-state index in [9.17, 15) is 10.4 Å². The molecule has 0 aromatic heterocycles. The summed E-state index contributed by atoms with van der Waals surface area (Å²) in [4.78, 5) is 4.80. The Bertz CT molecular complexity index is 406. The maximum atomic E-state index is 9.56. The van der Waals surface area contributed by atoms with Crippen LogP contribution in [0.5, 0.6) is 0 Å². The van der Waals surface area contributed by atoms with Crippen molar-refractivity contribution in [2.24, 2.45) is 0 Å². The SMILES string of the molecule is ON(ON(O)c1ccccc1)c1ccccc1. The van der Waals surface area contributed by atoms with E-state index in [-0.39, 0.29) is 0 Å². The molecule has 0 saturated carbocycles. The molecule has 0 spiro atoms. The second-order valence-corrected chi connectivity index (χ2v) is 3.30. The van der Waals surface area contributed by atoms with E-state index in [1.54, 1.807) is 48.5 Å². The Labute approximate surface area is 98.5 Å². The Morgan fingerprint density at radius 3 is 1.35 bits per heavy atom. The van der Waals surface area contributed by atoms with Crippen LogP contribution in [0.2, 0.25) is 0 Å². The second kappa shape index (κ2) is 5.31. The van der Waals surface area contributed by atoms with E-state index >= 15 is 0 Å². The van der Waals surface area contributed by atoms with E-state index in [0.29, 0.717) is 21.8 Å². The summed E-state index contributed by atoms with van der Waals surface area (Å²) >= 11 is 0. The normalized spacial score (nSPS) is 10.0. The number of hydrogen-bond acceptors (Lipinski definition) is 5. The number of para-hydroxylation sites is 2. The highest BCUT2D eigenvalue weighted by Gasteiger charge is 2.09. The van der Waals surface area contributed by atoms with Crippen molar-refractivity contribution in [2.45, 2.75) is 0 Å². The molecule has 0 bridgehead atoms. The van der Waals surface area contributed by atoms with E-state index in [4.69, 9.17) is 4.94 Å². The standard InChI is InChI=1S/C12H12N2O3/c15-13(11-7-3-1-4-8-11)17-14(16)12-9-5-2-6-10-12/h1-10,15-16H. The van der Waals surface area contributed by atoms with Gasteiger partial charge in [0.2, 0.25) is 0 Å². The minimum Gasteiger partial charge on any atom is -0.262 e. The molecule has 0 radical (unpaired) electrons. The van der Waals surface area contributed by atoms with E-state index in [2.05, 4.69) is 0 Å². The first kappa shape index (κ1) is 11.4. The van der Waals surface area contributed by atoms with E-state index < -0.39 is 0 Å². The summed E-state index contributed by atoms with van der Waals surface area (Å²) in [5.41, 5.74) is 0.810. The zero-order valence-electron chi connectivity index (χ0n) is 8.97. The fraction of sp³-hybridized carbons (Fsp3) is 0. The zero-order chi connectivity index (χ0) is 12.1. The van der Waals surface area contributed by atoms with Crippen molar-refractivity contribution >= 4 is 11.4 Å². The summed E-state index contributed by atoms with van der Waals surface area (Å²) in [6.45, 7) is 0. The molecule has 0 aliphatic heterocycles. The van der Waals surface area contributed by atoms with Gasteiger partial charge in [-0.2, -0.15) is 0 Å². The van der Waals surface area contributed by atoms with Gasteiger partial charge in [-0.25, -0.2) is 0 Å². The number of nitrogens with zero attached hydrogens (tertiary/aromatic N) is 2. The van der Waals surface area contributed by atoms with E-state index in [0.717, 1.165) is 0 Å². The van der Waals surface area contributed by atoms with Gasteiger partial charge in [0.1, 0.15) is 0 Å². The number of anilines is 2. The van der Waals surface area contributed by atoms with Crippen molar-refractivity contribution in [1.82, 2.24) is 0 Å². The number of hydrogen-bond donors (Lipinski definition) is 2. The van der Waals surface area contributed by atoms with Crippen LogP contribution in [-0.2, 0) is 4.94 Å². The van der Waals surface area contributed by atoms with Crippen LogP contribution in [0, 0.1) is 0 Å². The van der Waals surface area contributed by atoms with Gasteiger partial charge in [0.05, 0.1) is 11.4 Å². The molecule has 2 aromatic rings. The third kappa shape index (κ3) is 2.94. The highest BCUT2D eigenvalue weighted by molar-refractivity contribution is 5.43. The highest BCUT2D eigenvalue weighted by Crippen LogP contribution is 2.16. The van der Waals surface area contributed by atoms with Crippen LogP contribution in [0.1, 0.15) is 0 Å². The predicted octanol–water partition coefficient (Wildman–Crippen LogP) is 2.62. The van der Waals surface area contributed by atoms with Gasteiger partial charge in [0, 0.05) is 0 Å². The summed E-state index contributed by atoms with van der Waals surface area (Å²) < 4.78 is 0. The third-order valence-electron chi connectivity index (χ3n) is 2.11. The van der Waals surface area contributed by atoms with Crippen LogP contribution in [0.25, 0.3) is 0 Å². The lowest BCUT2D eigenvalue weighted by Gasteiger charge is -2.21. The molecule has 0 fully saturated rings. The van der Waals surface area contributed by atoms with Gasteiger partial charge < -0.3 is 0 Å². The summed E-state index contributed by atoms with van der Waals surface area (Å²) in [5.74, 6) is 0. The predicted molar refractivity (Wildman–Crippen MR) is 62.5 cm³/mol. The average molecular weight is 232 g/mol. The van der Waals surface area contributed by atoms with Crippen LogP contribution in [-0.4, -0.2) is 10.4 Å². The monoisotopic (exact) mass is 232 g/mol. The maximum Gasteiger partial charge on any atom is 0.0970 e. The molecule has 2 rings (SSSR count). The summed E-state index contributed by atoms with van der Waals surface area (Å²) in [7, 11) is 0. The smallest absolute Gasteiger partial charge is 0.0970 e. The van der Waals surface area contributed by atoms with Crippen molar-refractivity contribution in [2.75, 3.05) is 10.5 Å². The molecule has 0 unspecified atom stereocenters. The first-order valence-electron chi connectivity index (χ1n) is 5.03. The zero-order valence-corrected chi connectivity index (χ0v) is 8.97. The van der Waals surface area contributed by atoms with Gasteiger partial charge in [0.25, 0.3) is 0 Å². The molecule has 2 N–H and O–H groups in total. The number of benzene rings is 2. The van der Waals surface area contributed by atoms with Gasteiger partial charge in [0.15, 0.2) is 0 Å². The molecule has 5 heteroatoms. The first-order valence-corrected chi connectivity index (χ1v) is 5.03. The van der Waals surface area contributed by atoms with Crippen molar-refractivity contribution in [3.05, 3.63) is 60.7 Å². The Hall–Kier alpha value is -2.08. The van der Waals surface area contributed by atoms with Gasteiger partial charge in [-0.15, -0.1) is 15.4 Å². The largest absolute Gasteiger partial charge is 0.262 e. The van der Waals surface area contributed by atoms with Gasteiger partial charge in [-0.05, 0) is 24.3 Å². The fourth-order valence-corrected chi connectivity index (χ4v) is 1.28. The fourth-order valence-electron chi connectivity index (χ4n) is 1.28. The van der Waals surface area contributed by atoms with Crippen LogP contribution < -0.4 is 10.5 Å². The molecule has 0 saturated heterocycles. The molecule has 0 atom stereocenters. The molecule has 0 heterocycles. The molecule has 2 aromatic carbocycles. The van der Waals surface area contributed by atoms with Crippen molar-refractivity contribution < 1.29 is 15.4 Å². The maximum absolute atomic E-state index is 9.56. The highest BCUT2D eigenvalue weighted by atomic mass is 17.1. The van der Waals surface area contributed by atoms with Crippen molar-refractivity contribution in [3.8, 4) is 0 Å². The Balaban J connectivity index is 2.02. The van der Waals surface area contributed by atoms with Crippen LogP contribution in [0.4, 0.5) is 11.4 Å². The first-order chi connectivity index (χ1) is 8.27. The van der Waals surface area contributed by atoms with E-state index in [1.165, 1.54) is 0 Å². The summed E-state index contributed by atoms with van der Waals surface area (Å²) in [6, 6.07) is 17.1. The Morgan fingerprint density at radius 2 is 1.00 bits per heavy atom. The summed E-state index contributed by atoms with van der Waals surface area (Å²) in [5, 5.41) is 20.1. The second-order valence-electron chi connectivity index (χ2n) is 3.30. The Kier molecular flexibility index (Phi) is 3.56. The van der Waals surface area contributed by atoms with Crippen LogP contribution >= 0.6 is 0 Å². The molecule has 0 amide bonds. The quantitative estimate of drug-likeness (QED) is 0.793. The lowest BCUT2D eigenvalue weighted by atomic mass is 10.3. The molecule has 88 valence electrons. The van der Waals surface area contributed by atoms with Crippen LogP contribution in [0.3, 0.4) is 0 Å². The molecule has 17 heavy (non-hydrogen) atoms. The van der Waals surface area contributed by atoms with Crippen molar-refractivity contribution in [3.63, 3.8) is 0 Å². The summed E-state index contributed by atoms with van der Waals surface area (Å²) in [6.07, 6.45) is 0. The minimum atomic E-state index is 0.405. The van der Waals surface area contributed by atoms with E-state index in [1.807, 2.05) is 12.1 Å². The minimum absolute atomic E-state index is 0.405. The van der Waals surface area contributed by atoms with Gasteiger partial charge in [-0.1, -0.05) is 36.4 Å².